The molecule has 0 aliphatic carbocycles. The number of anilines is 2. The van der Waals surface area contributed by atoms with Crippen molar-refractivity contribution in [2.75, 3.05) is 11.1 Å². The van der Waals surface area contributed by atoms with Crippen LogP contribution in [0.25, 0.3) is 0 Å². The smallest absolute Gasteiger partial charge is 0.259 e. The molecule has 16 heavy (non-hydrogen) atoms. The Morgan fingerprint density at radius 2 is 2.31 bits per heavy atom. The van der Waals surface area contributed by atoms with Gasteiger partial charge in [-0.3, -0.25) is 10.1 Å². The number of nitrogens with one attached hydrogen (secondary N) is 1. The molecule has 0 saturated carbocycles. The number of aryl methyl sites for hydroxylation is 1. The van der Waals surface area contributed by atoms with Gasteiger partial charge >= 0.3 is 0 Å². The average Bonchev–Trinajstić information content (AvgIpc) is 2.74. The number of carbonyl (C=O) groups is 1. The first-order valence-corrected chi connectivity index (χ1v) is 5.26. The summed E-state index contributed by atoms with van der Waals surface area (Å²) >= 11 is 1.01. The SMILES string of the molecule is Cc1ccc(N)c(C(=O)Nc2nnns2)c1. The fraction of sp³-hybridized carbons (Fsp3) is 0.111. The second kappa shape index (κ2) is 4.23. The summed E-state index contributed by atoms with van der Waals surface area (Å²) in [5.41, 5.74) is 7.53. The molecule has 0 bridgehead atoms. The van der Waals surface area contributed by atoms with E-state index in [9.17, 15) is 4.79 Å². The third-order valence-corrected chi connectivity index (χ3v) is 2.48. The Morgan fingerprint density at radius 1 is 1.50 bits per heavy atom. The first-order chi connectivity index (χ1) is 7.66. The number of hydrogen-bond acceptors (Lipinski definition) is 6. The monoisotopic (exact) mass is 235 g/mol. The molecule has 3 N–H and O–H groups in total. The number of amides is 1. The Kier molecular flexibility index (Phi) is 2.78. The number of nitrogen functional groups attached to an aromatic ring is 1. The van der Waals surface area contributed by atoms with E-state index in [-0.39, 0.29) is 5.91 Å². The highest BCUT2D eigenvalue weighted by Crippen LogP contribution is 2.16. The average molecular weight is 235 g/mol. The van der Waals surface area contributed by atoms with Crippen molar-refractivity contribution in [3.63, 3.8) is 0 Å². The largest absolute Gasteiger partial charge is 0.398 e. The number of carbonyl (C=O) groups excluding carboxylic acids is 1. The minimum atomic E-state index is -0.306. The van der Waals surface area contributed by atoms with Crippen molar-refractivity contribution in [1.29, 1.82) is 0 Å². The number of nitrogens with two attached hydrogens (primary N) is 1. The van der Waals surface area contributed by atoms with Gasteiger partial charge in [-0.25, -0.2) is 0 Å². The van der Waals surface area contributed by atoms with Gasteiger partial charge in [-0.2, -0.15) is 0 Å². The maximum Gasteiger partial charge on any atom is 0.259 e. The van der Waals surface area contributed by atoms with Crippen molar-refractivity contribution in [2.45, 2.75) is 6.92 Å². The van der Waals surface area contributed by atoms with Crippen molar-refractivity contribution in [2.24, 2.45) is 0 Å². The van der Waals surface area contributed by atoms with Gasteiger partial charge in [0.15, 0.2) is 0 Å². The van der Waals surface area contributed by atoms with Crippen molar-refractivity contribution >= 4 is 28.3 Å². The molecule has 1 aromatic heterocycles. The molecule has 0 radical (unpaired) electrons. The maximum absolute atomic E-state index is 11.8. The van der Waals surface area contributed by atoms with Crippen LogP contribution in [0.1, 0.15) is 15.9 Å². The highest BCUT2D eigenvalue weighted by atomic mass is 32.1. The normalized spacial score (nSPS) is 10.1. The Labute approximate surface area is 95.6 Å². The minimum Gasteiger partial charge on any atom is -0.398 e. The maximum atomic E-state index is 11.8. The Bertz CT molecular complexity index is 511. The van der Waals surface area contributed by atoms with Gasteiger partial charge in [0, 0.05) is 17.2 Å². The quantitative estimate of drug-likeness (QED) is 0.759. The summed E-state index contributed by atoms with van der Waals surface area (Å²) in [6.45, 7) is 1.89. The van der Waals surface area contributed by atoms with Crippen molar-refractivity contribution in [3.8, 4) is 0 Å². The van der Waals surface area contributed by atoms with Crippen LogP contribution in [-0.2, 0) is 0 Å². The highest BCUT2D eigenvalue weighted by molar-refractivity contribution is 7.09. The van der Waals surface area contributed by atoms with Crippen molar-refractivity contribution in [3.05, 3.63) is 29.3 Å². The molecule has 0 aliphatic rings. The van der Waals surface area contributed by atoms with E-state index in [0.29, 0.717) is 16.4 Å². The van der Waals surface area contributed by atoms with Crippen LogP contribution < -0.4 is 11.1 Å². The third kappa shape index (κ3) is 2.14. The molecular formula is C9H9N5OS. The summed E-state index contributed by atoms with van der Waals surface area (Å²) in [5, 5.41) is 9.92. The summed E-state index contributed by atoms with van der Waals surface area (Å²) in [7, 11) is 0. The molecule has 0 aliphatic heterocycles. The van der Waals surface area contributed by atoms with Gasteiger partial charge in [-0.1, -0.05) is 21.2 Å². The number of hydrogen-bond donors (Lipinski definition) is 2. The van der Waals surface area contributed by atoms with E-state index < -0.39 is 0 Å². The first kappa shape index (κ1) is 10.5. The molecular weight excluding hydrogens is 226 g/mol. The van der Waals surface area contributed by atoms with Gasteiger partial charge in [0.05, 0.1) is 5.56 Å². The van der Waals surface area contributed by atoms with E-state index in [1.54, 1.807) is 12.1 Å². The first-order valence-electron chi connectivity index (χ1n) is 4.49. The van der Waals surface area contributed by atoms with Crippen LogP contribution in [0.3, 0.4) is 0 Å². The molecule has 1 amide bonds. The fourth-order valence-corrected chi connectivity index (χ4v) is 1.57. The Hall–Kier alpha value is -2.02. The molecule has 2 aromatic rings. The second-order valence-corrected chi connectivity index (χ2v) is 3.94. The zero-order valence-corrected chi connectivity index (χ0v) is 9.28. The molecule has 1 aromatic carbocycles. The predicted molar refractivity (Wildman–Crippen MR) is 61.2 cm³/mol. The zero-order chi connectivity index (χ0) is 11.5. The summed E-state index contributed by atoms with van der Waals surface area (Å²) in [6, 6.07) is 5.26. The molecule has 0 saturated heterocycles. The number of aromatic nitrogens is 3. The van der Waals surface area contributed by atoms with Gasteiger partial charge in [-0.05, 0) is 24.3 Å². The predicted octanol–water partition coefficient (Wildman–Crippen LogP) is 1.08. The lowest BCUT2D eigenvalue weighted by Gasteiger charge is -2.05. The lowest BCUT2D eigenvalue weighted by Crippen LogP contribution is -2.14. The van der Waals surface area contributed by atoms with Gasteiger partial charge in [0.25, 0.3) is 5.91 Å². The van der Waals surface area contributed by atoms with Crippen LogP contribution in [0.4, 0.5) is 10.8 Å². The third-order valence-electron chi connectivity index (χ3n) is 1.97. The second-order valence-electron chi connectivity index (χ2n) is 3.21. The summed E-state index contributed by atoms with van der Waals surface area (Å²) in [5.74, 6) is -0.306. The van der Waals surface area contributed by atoms with Gasteiger partial charge in [-0.15, -0.1) is 0 Å². The molecule has 2 rings (SSSR count). The Balaban J connectivity index is 2.24. The summed E-state index contributed by atoms with van der Waals surface area (Å²) in [4.78, 5) is 11.8. The molecule has 0 unspecified atom stereocenters. The van der Waals surface area contributed by atoms with Crippen LogP contribution >= 0.6 is 11.5 Å². The van der Waals surface area contributed by atoms with E-state index in [0.717, 1.165) is 17.1 Å². The molecule has 0 atom stereocenters. The van der Waals surface area contributed by atoms with E-state index in [1.807, 2.05) is 13.0 Å². The van der Waals surface area contributed by atoms with Crippen molar-refractivity contribution < 1.29 is 4.79 Å². The molecule has 7 heteroatoms. The molecule has 0 fully saturated rings. The number of rotatable bonds is 2. The Morgan fingerprint density at radius 3 is 3.00 bits per heavy atom. The number of benzene rings is 1. The van der Waals surface area contributed by atoms with Crippen LogP contribution in [0.15, 0.2) is 18.2 Å². The van der Waals surface area contributed by atoms with Crippen LogP contribution in [0.5, 0.6) is 0 Å². The van der Waals surface area contributed by atoms with Gasteiger partial charge in [0.2, 0.25) is 5.13 Å². The summed E-state index contributed by atoms with van der Waals surface area (Å²) in [6.07, 6.45) is 0. The van der Waals surface area contributed by atoms with Gasteiger partial charge < -0.3 is 5.73 Å². The van der Waals surface area contributed by atoms with E-state index in [1.165, 1.54) is 0 Å². The number of nitrogens with zero attached hydrogens (tertiary/aromatic N) is 3. The summed E-state index contributed by atoms with van der Waals surface area (Å²) < 4.78 is 3.54. The standard InChI is InChI=1S/C9H9N5OS/c1-5-2-3-7(10)6(4-5)8(15)11-9-12-13-14-16-9/h2-4H,10H2,1H3,(H,11,12,14,15). The van der Waals surface area contributed by atoms with Crippen molar-refractivity contribution in [1.82, 2.24) is 14.8 Å². The van der Waals surface area contributed by atoms with E-state index >= 15 is 0 Å². The molecule has 82 valence electrons. The molecule has 6 nitrogen and oxygen atoms in total. The van der Waals surface area contributed by atoms with E-state index in [4.69, 9.17) is 5.73 Å². The zero-order valence-electron chi connectivity index (χ0n) is 8.47. The van der Waals surface area contributed by atoms with Crippen LogP contribution in [0.2, 0.25) is 0 Å². The highest BCUT2D eigenvalue weighted by Gasteiger charge is 2.11. The topological polar surface area (TPSA) is 93.8 Å². The molecule has 0 spiro atoms. The minimum absolute atomic E-state index is 0.306. The lowest BCUT2D eigenvalue weighted by molar-refractivity contribution is 0.102. The lowest BCUT2D eigenvalue weighted by atomic mass is 10.1. The van der Waals surface area contributed by atoms with E-state index in [2.05, 4.69) is 20.1 Å². The molecule has 1 heterocycles. The fourth-order valence-electron chi connectivity index (χ4n) is 1.21. The van der Waals surface area contributed by atoms with Gasteiger partial charge in [0.1, 0.15) is 0 Å². The van der Waals surface area contributed by atoms with Crippen LogP contribution in [0, 0.1) is 6.92 Å². The van der Waals surface area contributed by atoms with Crippen LogP contribution in [-0.4, -0.2) is 20.7 Å².